The molecule has 1 saturated carbocycles. The van der Waals surface area contributed by atoms with Gasteiger partial charge in [0.25, 0.3) is 0 Å². The summed E-state index contributed by atoms with van der Waals surface area (Å²) in [7, 11) is 2.07. The van der Waals surface area contributed by atoms with E-state index in [0.717, 1.165) is 18.4 Å². The molecule has 1 aliphatic heterocycles. The molecule has 0 aromatic heterocycles. The van der Waals surface area contributed by atoms with Gasteiger partial charge in [-0.15, -0.1) is 0 Å². The number of nitrogens with zero attached hydrogens (tertiary/aromatic N) is 1. The minimum atomic E-state index is 0.486. The normalized spacial score (nSPS) is 27.8. The van der Waals surface area contributed by atoms with Crippen molar-refractivity contribution >= 4 is 5.69 Å². The number of anilines is 1. The summed E-state index contributed by atoms with van der Waals surface area (Å²) in [5.74, 6) is 0.956. The molecule has 2 fully saturated rings. The molecule has 0 spiro atoms. The maximum absolute atomic E-state index is 3.45. The Kier molecular flexibility index (Phi) is 3.29. The van der Waals surface area contributed by atoms with Crippen LogP contribution in [0, 0.1) is 5.92 Å². The summed E-state index contributed by atoms with van der Waals surface area (Å²) >= 11 is 0. The van der Waals surface area contributed by atoms with E-state index in [9.17, 15) is 0 Å². The molecule has 1 N–H and O–H groups in total. The summed E-state index contributed by atoms with van der Waals surface area (Å²) in [5.41, 5.74) is 2.96. The van der Waals surface area contributed by atoms with E-state index >= 15 is 0 Å². The van der Waals surface area contributed by atoms with E-state index in [1.165, 1.54) is 37.1 Å². The third kappa shape index (κ3) is 1.93. The standard InChI is InChI=1S/C16H24N2/c1-3-15(17-2)14-6-4-5-7-16(14)18-11-12-8-9-13(18)10-12/h4-7,12-13,15,17H,3,8-11H2,1-2H3. The topological polar surface area (TPSA) is 15.3 Å². The first kappa shape index (κ1) is 12.0. The van der Waals surface area contributed by atoms with Crippen LogP contribution in [0.25, 0.3) is 0 Å². The van der Waals surface area contributed by atoms with Crippen molar-refractivity contribution in [3.8, 4) is 0 Å². The van der Waals surface area contributed by atoms with Crippen molar-refractivity contribution in [2.75, 3.05) is 18.5 Å². The summed E-state index contributed by atoms with van der Waals surface area (Å²) in [4.78, 5) is 2.67. The Hall–Kier alpha value is -1.02. The number of nitrogens with one attached hydrogen (secondary N) is 1. The molecule has 1 aromatic carbocycles. The van der Waals surface area contributed by atoms with Gasteiger partial charge in [0, 0.05) is 24.3 Å². The van der Waals surface area contributed by atoms with Crippen LogP contribution in [-0.4, -0.2) is 19.6 Å². The average Bonchev–Trinajstić information content (AvgIpc) is 3.03. The molecule has 0 amide bonds. The van der Waals surface area contributed by atoms with Gasteiger partial charge in [-0.25, -0.2) is 0 Å². The van der Waals surface area contributed by atoms with Crippen LogP contribution in [0.1, 0.15) is 44.2 Å². The number of rotatable bonds is 4. The van der Waals surface area contributed by atoms with Crippen molar-refractivity contribution in [2.24, 2.45) is 5.92 Å². The van der Waals surface area contributed by atoms with Gasteiger partial charge in [0.2, 0.25) is 0 Å². The molecular formula is C16H24N2. The van der Waals surface area contributed by atoms with Gasteiger partial charge in [0.05, 0.1) is 0 Å². The van der Waals surface area contributed by atoms with Crippen LogP contribution in [0.2, 0.25) is 0 Å². The first-order valence-electron chi connectivity index (χ1n) is 7.36. The molecule has 2 nitrogen and oxygen atoms in total. The lowest BCUT2D eigenvalue weighted by atomic mass is 10.00. The van der Waals surface area contributed by atoms with Crippen LogP contribution in [-0.2, 0) is 0 Å². The number of fused-ring (bicyclic) bond motifs is 2. The smallest absolute Gasteiger partial charge is 0.0417 e. The lowest BCUT2D eigenvalue weighted by Crippen LogP contribution is -2.33. The number of piperidine rings is 1. The van der Waals surface area contributed by atoms with E-state index in [0.29, 0.717) is 6.04 Å². The third-order valence-corrected chi connectivity index (χ3v) is 4.79. The Labute approximate surface area is 110 Å². The van der Waals surface area contributed by atoms with E-state index in [4.69, 9.17) is 0 Å². The van der Waals surface area contributed by atoms with Gasteiger partial charge in [-0.1, -0.05) is 25.1 Å². The minimum Gasteiger partial charge on any atom is -0.368 e. The average molecular weight is 244 g/mol. The fourth-order valence-electron chi connectivity index (χ4n) is 3.84. The van der Waals surface area contributed by atoms with Gasteiger partial charge in [-0.2, -0.15) is 0 Å². The van der Waals surface area contributed by atoms with Gasteiger partial charge in [0.15, 0.2) is 0 Å². The van der Waals surface area contributed by atoms with Gasteiger partial charge in [-0.05, 0) is 50.3 Å². The summed E-state index contributed by atoms with van der Waals surface area (Å²) in [6.45, 7) is 3.54. The number of hydrogen-bond acceptors (Lipinski definition) is 2. The highest BCUT2D eigenvalue weighted by atomic mass is 15.2. The van der Waals surface area contributed by atoms with Crippen LogP contribution in [0.5, 0.6) is 0 Å². The monoisotopic (exact) mass is 244 g/mol. The van der Waals surface area contributed by atoms with Crippen molar-refractivity contribution in [3.05, 3.63) is 29.8 Å². The van der Waals surface area contributed by atoms with Crippen LogP contribution < -0.4 is 10.2 Å². The first-order valence-corrected chi connectivity index (χ1v) is 7.36. The highest BCUT2D eigenvalue weighted by Crippen LogP contribution is 2.42. The van der Waals surface area contributed by atoms with Crippen LogP contribution in [0.3, 0.4) is 0 Å². The number of benzene rings is 1. The Morgan fingerprint density at radius 2 is 2.17 bits per heavy atom. The number of hydrogen-bond donors (Lipinski definition) is 1. The lowest BCUT2D eigenvalue weighted by molar-refractivity contribution is 0.541. The molecule has 3 atom stereocenters. The molecule has 1 aromatic rings. The second-order valence-corrected chi connectivity index (χ2v) is 5.79. The molecule has 0 radical (unpaired) electrons. The SMILES string of the molecule is CCC(NC)c1ccccc1N1CC2CCC1C2. The molecule has 2 heteroatoms. The molecular weight excluding hydrogens is 220 g/mol. The Morgan fingerprint density at radius 3 is 2.78 bits per heavy atom. The molecule has 18 heavy (non-hydrogen) atoms. The molecule has 1 heterocycles. The van der Waals surface area contributed by atoms with E-state index in [1.807, 2.05) is 0 Å². The van der Waals surface area contributed by atoms with Gasteiger partial charge >= 0.3 is 0 Å². The quantitative estimate of drug-likeness (QED) is 0.874. The predicted octanol–water partition coefficient (Wildman–Crippen LogP) is 3.35. The summed E-state index contributed by atoms with van der Waals surface area (Å²) in [5, 5.41) is 3.45. The highest BCUT2D eigenvalue weighted by Gasteiger charge is 2.38. The Morgan fingerprint density at radius 1 is 1.33 bits per heavy atom. The van der Waals surface area contributed by atoms with E-state index in [1.54, 1.807) is 0 Å². The van der Waals surface area contributed by atoms with E-state index in [2.05, 4.69) is 48.5 Å². The van der Waals surface area contributed by atoms with Crippen molar-refractivity contribution < 1.29 is 0 Å². The summed E-state index contributed by atoms with van der Waals surface area (Å²) < 4.78 is 0. The third-order valence-electron chi connectivity index (χ3n) is 4.79. The van der Waals surface area contributed by atoms with Gasteiger partial charge in [0.1, 0.15) is 0 Å². The maximum Gasteiger partial charge on any atom is 0.0417 e. The first-order chi connectivity index (χ1) is 8.83. The Balaban J connectivity index is 1.92. The van der Waals surface area contributed by atoms with Crippen molar-refractivity contribution in [2.45, 2.75) is 44.7 Å². The predicted molar refractivity (Wildman–Crippen MR) is 77.0 cm³/mol. The van der Waals surface area contributed by atoms with Crippen LogP contribution in [0.15, 0.2) is 24.3 Å². The highest BCUT2D eigenvalue weighted by molar-refractivity contribution is 5.57. The second-order valence-electron chi connectivity index (χ2n) is 5.79. The zero-order chi connectivity index (χ0) is 12.5. The zero-order valence-corrected chi connectivity index (χ0v) is 11.5. The summed E-state index contributed by atoms with van der Waals surface area (Å²) in [6.07, 6.45) is 5.42. The van der Waals surface area contributed by atoms with Crippen molar-refractivity contribution in [3.63, 3.8) is 0 Å². The fraction of sp³-hybridized carbons (Fsp3) is 0.625. The summed E-state index contributed by atoms with van der Waals surface area (Å²) in [6, 6.07) is 10.3. The lowest BCUT2D eigenvalue weighted by Gasteiger charge is -2.32. The molecule has 2 aliphatic rings. The van der Waals surface area contributed by atoms with Crippen LogP contribution in [0.4, 0.5) is 5.69 Å². The van der Waals surface area contributed by atoms with E-state index in [-0.39, 0.29) is 0 Å². The second kappa shape index (κ2) is 4.93. The molecule has 3 unspecified atom stereocenters. The molecule has 98 valence electrons. The molecule has 1 saturated heterocycles. The van der Waals surface area contributed by atoms with Gasteiger partial charge < -0.3 is 10.2 Å². The molecule has 1 aliphatic carbocycles. The van der Waals surface area contributed by atoms with Crippen molar-refractivity contribution in [1.82, 2.24) is 5.32 Å². The van der Waals surface area contributed by atoms with Gasteiger partial charge in [-0.3, -0.25) is 0 Å². The minimum absolute atomic E-state index is 0.486. The maximum atomic E-state index is 3.45. The Bertz CT molecular complexity index is 411. The molecule has 3 rings (SSSR count). The fourth-order valence-corrected chi connectivity index (χ4v) is 3.84. The van der Waals surface area contributed by atoms with E-state index < -0.39 is 0 Å². The zero-order valence-electron chi connectivity index (χ0n) is 11.5. The largest absolute Gasteiger partial charge is 0.368 e. The van der Waals surface area contributed by atoms with Crippen LogP contribution >= 0.6 is 0 Å². The molecule has 2 bridgehead atoms. The number of para-hydroxylation sites is 1. The van der Waals surface area contributed by atoms with Crippen molar-refractivity contribution in [1.29, 1.82) is 0 Å².